The van der Waals surface area contributed by atoms with Gasteiger partial charge in [-0.15, -0.1) is 0 Å². The van der Waals surface area contributed by atoms with Crippen molar-refractivity contribution in [2.24, 2.45) is 17.8 Å². The molecule has 1 saturated heterocycles. The van der Waals surface area contributed by atoms with Crippen LogP contribution in [0.1, 0.15) is 59.8 Å². The van der Waals surface area contributed by atoms with Crippen molar-refractivity contribution in [2.75, 3.05) is 7.11 Å². The van der Waals surface area contributed by atoms with Gasteiger partial charge in [0, 0.05) is 12.7 Å². The molecule has 0 radical (unpaired) electrons. The third kappa shape index (κ3) is 4.60. The Kier molecular flexibility index (Phi) is 6.85. The van der Waals surface area contributed by atoms with Crippen LogP contribution in [0.5, 0.6) is 0 Å². The molecule has 1 heterocycles. The SMILES string of the molecule is COC1OC(=O)C2=CCC=C(C)CCC(C(C)CCC=C(C)C)C21. The Bertz CT molecular complexity index is 537. The summed E-state index contributed by atoms with van der Waals surface area (Å²) in [5.41, 5.74) is 3.60. The van der Waals surface area contributed by atoms with Crippen molar-refractivity contribution >= 4 is 5.97 Å². The fourth-order valence-electron chi connectivity index (χ4n) is 3.93. The highest BCUT2D eigenvalue weighted by molar-refractivity contribution is 5.91. The van der Waals surface area contributed by atoms with Gasteiger partial charge >= 0.3 is 5.97 Å². The van der Waals surface area contributed by atoms with Crippen molar-refractivity contribution in [2.45, 2.75) is 66.1 Å². The van der Waals surface area contributed by atoms with Crippen molar-refractivity contribution in [3.05, 3.63) is 34.9 Å². The first-order chi connectivity index (χ1) is 11.4. The number of methoxy groups -OCH3 is 1. The third-order valence-electron chi connectivity index (χ3n) is 5.39. The number of carbonyl (C=O) groups is 1. The molecule has 2 aliphatic rings. The lowest BCUT2D eigenvalue weighted by Gasteiger charge is -2.31. The monoisotopic (exact) mass is 332 g/mol. The van der Waals surface area contributed by atoms with Crippen LogP contribution in [0.4, 0.5) is 0 Å². The van der Waals surface area contributed by atoms with Crippen LogP contribution < -0.4 is 0 Å². The topological polar surface area (TPSA) is 35.5 Å². The number of hydrogen-bond acceptors (Lipinski definition) is 3. The first kappa shape index (κ1) is 19.0. The van der Waals surface area contributed by atoms with E-state index in [1.54, 1.807) is 7.11 Å². The summed E-state index contributed by atoms with van der Waals surface area (Å²) in [6.07, 6.45) is 11.3. The number of carbonyl (C=O) groups excluding carboxylic acids is 1. The fourth-order valence-corrected chi connectivity index (χ4v) is 3.93. The van der Waals surface area contributed by atoms with Gasteiger partial charge < -0.3 is 9.47 Å². The summed E-state index contributed by atoms with van der Waals surface area (Å²) in [6, 6.07) is 0. The number of hydrogen-bond donors (Lipinski definition) is 0. The highest BCUT2D eigenvalue weighted by Crippen LogP contribution is 2.42. The Balaban J connectivity index is 2.25. The zero-order valence-electron chi connectivity index (χ0n) is 15.8. The van der Waals surface area contributed by atoms with Gasteiger partial charge in [0.05, 0.1) is 5.92 Å². The van der Waals surface area contributed by atoms with E-state index in [4.69, 9.17) is 9.47 Å². The molecule has 3 nitrogen and oxygen atoms in total. The molecule has 4 atom stereocenters. The molecule has 134 valence electrons. The predicted molar refractivity (Wildman–Crippen MR) is 97.4 cm³/mol. The first-order valence-corrected chi connectivity index (χ1v) is 9.16. The van der Waals surface area contributed by atoms with Gasteiger partial charge in [-0.3, -0.25) is 0 Å². The second-order valence-electron chi connectivity index (χ2n) is 7.52. The number of fused-ring (bicyclic) bond motifs is 1. The molecule has 0 spiro atoms. The summed E-state index contributed by atoms with van der Waals surface area (Å²) in [4.78, 5) is 12.3. The fraction of sp³-hybridized carbons (Fsp3) is 0.667. The van der Waals surface area contributed by atoms with E-state index in [9.17, 15) is 4.79 Å². The molecule has 24 heavy (non-hydrogen) atoms. The first-order valence-electron chi connectivity index (χ1n) is 9.16. The molecular weight excluding hydrogens is 300 g/mol. The summed E-state index contributed by atoms with van der Waals surface area (Å²) in [5, 5.41) is 0. The van der Waals surface area contributed by atoms with E-state index in [0.29, 0.717) is 11.8 Å². The van der Waals surface area contributed by atoms with Crippen LogP contribution in [0.25, 0.3) is 0 Å². The van der Waals surface area contributed by atoms with Crippen molar-refractivity contribution < 1.29 is 14.3 Å². The Labute approximate surface area is 146 Å². The summed E-state index contributed by atoms with van der Waals surface area (Å²) in [5.74, 6) is 0.788. The van der Waals surface area contributed by atoms with E-state index in [2.05, 4.69) is 45.9 Å². The number of cyclic esters (lactones) is 1. The smallest absolute Gasteiger partial charge is 0.336 e. The predicted octanol–water partition coefficient (Wildman–Crippen LogP) is 5.19. The second kappa shape index (κ2) is 8.66. The Morgan fingerprint density at radius 3 is 2.83 bits per heavy atom. The van der Waals surface area contributed by atoms with Crippen LogP contribution in [-0.4, -0.2) is 19.4 Å². The van der Waals surface area contributed by atoms with E-state index in [-0.39, 0.29) is 11.9 Å². The quantitative estimate of drug-likeness (QED) is 0.513. The molecule has 1 aliphatic heterocycles. The van der Waals surface area contributed by atoms with Gasteiger partial charge in [0.1, 0.15) is 0 Å². The van der Waals surface area contributed by atoms with E-state index in [1.807, 2.05) is 0 Å². The van der Waals surface area contributed by atoms with Gasteiger partial charge in [0.25, 0.3) is 0 Å². The molecule has 0 N–H and O–H groups in total. The summed E-state index contributed by atoms with van der Waals surface area (Å²) in [7, 11) is 1.64. The van der Waals surface area contributed by atoms with Crippen LogP contribution in [0.3, 0.4) is 0 Å². The zero-order valence-corrected chi connectivity index (χ0v) is 15.8. The van der Waals surface area contributed by atoms with Gasteiger partial charge in [0.15, 0.2) is 0 Å². The molecule has 0 aromatic heterocycles. The van der Waals surface area contributed by atoms with Crippen molar-refractivity contribution in [3.63, 3.8) is 0 Å². The maximum atomic E-state index is 12.3. The molecule has 0 aromatic carbocycles. The van der Waals surface area contributed by atoms with Gasteiger partial charge in [0.2, 0.25) is 6.29 Å². The van der Waals surface area contributed by atoms with Crippen LogP contribution in [0, 0.1) is 17.8 Å². The Hall–Kier alpha value is -1.35. The van der Waals surface area contributed by atoms with E-state index >= 15 is 0 Å². The van der Waals surface area contributed by atoms with Gasteiger partial charge in [-0.2, -0.15) is 0 Å². The maximum Gasteiger partial charge on any atom is 0.336 e. The number of esters is 1. The molecule has 1 fully saturated rings. The minimum absolute atomic E-state index is 0.0588. The van der Waals surface area contributed by atoms with Crippen LogP contribution in [0.15, 0.2) is 34.9 Å². The molecule has 4 unspecified atom stereocenters. The second-order valence-corrected chi connectivity index (χ2v) is 7.52. The van der Waals surface area contributed by atoms with Crippen LogP contribution >= 0.6 is 0 Å². The standard InChI is InChI=1S/C21H32O3/c1-14(2)8-6-10-16(4)17-13-12-15(3)9-7-11-18-19(17)21(23-5)24-20(18)22/h8-9,11,16-17,19,21H,6-7,10,12-13H2,1-5H3. The van der Waals surface area contributed by atoms with E-state index in [0.717, 1.165) is 37.7 Å². The summed E-state index contributed by atoms with van der Waals surface area (Å²) < 4.78 is 11.0. The highest BCUT2D eigenvalue weighted by Gasteiger charge is 2.45. The van der Waals surface area contributed by atoms with Crippen LogP contribution in [-0.2, 0) is 14.3 Å². The summed E-state index contributed by atoms with van der Waals surface area (Å²) in [6.45, 7) is 8.79. The van der Waals surface area contributed by atoms with E-state index < -0.39 is 6.29 Å². The number of allylic oxidation sites excluding steroid dienone is 5. The minimum atomic E-state index is -0.432. The van der Waals surface area contributed by atoms with Gasteiger partial charge in [-0.25, -0.2) is 4.79 Å². The van der Waals surface area contributed by atoms with Crippen LogP contribution in [0.2, 0.25) is 0 Å². The molecule has 0 amide bonds. The van der Waals surface area contributed by atoms with Crippen molar-refractivity contribution in [3.8, 4) is 0 Å². The Morgan fingerprint density at radius 2 is 2.17 bits per heavy atom. The summed E-state index contributed by atoms with van der Waals surface area (Å²) >= 11 is 0. The number of ether oxygens (including phenoxy) is 2. The average molecular weight is 332 g/mol. The van der Waals surface area contributed by atoms with Gasteiger partial charge in [-0.1, -0.05) is 36.3 Å². The molecule has 3 heteroatoms. The van der Waals surface area contributed by atoms with Crippen molar-refractivity contribution in [1.82, 2.24) is 0 Å². The molecular formula is C21H32O3. The Morgan fingerprint density at radius 1 is 1.42 bits per heavy atom. The highest BCUT2D eigenvalue weighted by atomic mass is 16.7. The zero-order chi connectivity index (χ0) is 17.7. The van der Waals surface area contributed by atoms with Crippen molar-refractivity contribution in [1.29, 1.82) is 0 Å². The molecule has 0 aromatic rings. The number of rotatable bonds is 5. The minimum Gasteiger partial charge on any atom is -0.432 e. The largest absolute Gasteiger partial charge is 0.432 e. The third-order valence-corrected chi connectivity index (χ3v) is 5.39. The molecule has 2 rings (SSSR count). The molecule has 0 bridgehead atoms. The van der Waals surface area contributed by atoms with Gasteiger partial charge in [-0.05, 0) is 64.7 Å². The lowest BCUT2D eigenvalue weighted by molar-refractivity contribution is -0.164. The average Bonchev–Trinajstić information content (AvgIpc) is 2.86. The van der Waals surface area contributed by atoms with E-state index in [1.165, 1.54) is 11.1 Å². The molecule has 1 aliphatic carbocycles. The maximum absolute atomic E-state index is 12.3. The molecule has 0 saturated carbocycles. The normalized spacial score (nSPS) is 28.5. The lowest BCUT2D eigenvalue weighted by Crippen LogP contribution is -2.31. The lowest BCUT2D eigenvalue weighted by atomic mass is 9.74.